The summed E-state index contributed by atoms with van der Waals surface area (Å²) in [6, 6.07) is 3.32. The second-order valence-corrected chi connectivity index (χ2v) is 6.50. The molecule has 0 bridgehead atoms. The molecule has 1 heterocycles. The minimum Gasteiger partial charge on any atom is -0.496 e. The fraction of sp³-hybridized carbons (Fsp3) is 0.444. The van der Waals surface area contributed by atoms with Gasteiger partial charge in [0.05, 0.1) is 7.11 Å². The number of hydrogen-bond donors (Lipinski definition) is 3. The first-order valence-electron chi connectivity index (χ1n) is 8.45. The molecule has 1 aliphatic rings. The smallest absolute Gasteiger partial charge is 0.326 e. The second kappa shape index (κ2) is 7.65. The molecule has 27 heavy (non-hydrogen) atoms. The van der Waals surface area contributed by atoms with Crippen LogP contribution in [-0.4, -0.2) is 53.5 Å². The number of benzene rings is 1. The normalized spacial score (nSPS) is 20.2. The summed E-state index contributed by atoms with van der Waals surface area (Å²) in [5, 5.41) is 13.9. The number of imide groups is 1. The van der Waals surface area contributed by atoms with Crippen molar-refractivity contribution >= 4 is 23.8 Å². The molecule has 0 aromatic heterocycles. The first-order chi connectivity index (χ1) is 12.6. The molecule has 4 amide bonds. The minimum atomic E-state index is -1.33. The Labute approximate surface area is 156 Å². The van der Waals surface area contributed by atoms with Crippen molar-refractivity contribution in [2.45, 2.75) is 38.8 Å². The zero-order valence-corrected chi connectivity index (χ0v) is 15.7. The van der Waals surface area contributed by atoms with Gasteiger partial charge in [-0.25, -0.2) is 9.59 Å². The van der Waals surface area contributed by atoms with Crippen LogP contribution in [0.5, 0.6) is 5.75 Å². The summed E-state index contributed by atoms with van der Waals surface area (Å²) in [4.78, 5) is 49.0. The standard InChI is InChI=1S/C18H23N3O6/c1-5-12(15(23)24)19-14(22)9-21-16(25)18(3,20-17(21)26)11-6-7-13(27-4)10(2)8-11/h6-8,12H,5,9H2,1-4H3,(H,19,22)(H,20,26)(H,23,24). The predicted octanol–water partition coefficient (Wildman–Crippen LogP) is 0.750. The van der Waals surface area contributed by atoms with E-state index < -0.39 is 41.9 Å². The van der Waals surface area contributed by atoms with E-state index in [1.807, 2.05) is 6.92 Å². The molecule has 9 heteroatoms. The van der Waals surface area contributed by atoms with E-state index in [1.54, 1.807) is 32.0 Å². The number of nitrogens with one attached hydrogen (secondary N) is 2. The molecule has 0 saturated carbocycles. The SMILES string of the molecule is CCC(NC(=O)CN1C(=O)NC(C)(c2ccc(OC)c(C)c2)C1=O)C(=O)O. The van der Waals surface area contributed by atoms with Gasteiger partial charge in [-0.2, -0.15) is 0 Å². The molecule has 2 atom stereocenters. The molecule has 1 aromatic carbocycles. The van der Waals surface area contributed by atoms with Gasteiger partial charge < -0.3 is 20.5 Å². The molecule has 1 aromatic rings. The largest absolute Gasteiger partial charge is 0.496 e. The van der Waals surface area contributed by atoms with Crippen LogP contribution in [0.25, 0.3) is 0 Å². The Hall–Kier alpha value is -3.10. The first-order valence-corrected chi connectivity index (χ1v) is 8.45. The summed E-state index contributed by atoms with van der Waals surface area (Å²) >= 11 is 0. The summed E-state index contributed by atoms with van der Waals surface area (Å²) in [5.41, 5.74) is 0.0199. The van der Waals surface area contributed by atoms with Crippen LogP contribution in [0.2, 0.25) is 0 Å². The predicted molar refractivity (Wildman–Crippen MR) is 95.2 cm³/mol. The number of nitrogens with zero attached hydrogens (tertiary/aromatic N) is 1. The van der Waals surface area contributed by atoms with E-state index in [4.69, 9.17) is 9.84 Å². The number of aliphatic carboxylic acids is 1. The summed E-state index contributed by atoms with van der Waals surface area (Å²) in [6.45, 7) is 4.42. The van der Waals surface area contributed by atoms with Crippen LogP contribution < -0.4 is 15.4 Å². The van der Waals surface area contributed by atoms with Gasteiger partial charge in [-0.1, -0.05) is 13.0 Å². The number of rotatable bonds is 7. The lowest BCUT2D eigenvalue weighted by molar-refractivity contribution is -0.142. The van der Waals surface area contributed by atoms with Crippen LogP contribution in [0.1, 0.15) is 31.4 Å². The molecule has 2 rings (SSSR count). The van der Waals surface area contributed by atoms with Crippen molar-refractivity contribution < 1.29 is 29.0 Å². The highest BCUT2D eigenvalue weighted by molar-refractivity contribution is 6.09. The van der Waals surface area contributed by atoms with Gasteiger partial charge in [-0.15, -0.1) is 0 Å². The van der Waals surface area contributed by atoms with Gasteiger partial charge in [0.2, 0.25) is 5.91 Å². The van der Waals surface area contributed by atoms with E-state index in [0.717, 1.165) is 10.5 Å². The quantitative estimate of drug-likeness (QED) is 0.602. The highest BCUT2D eigenvalue weighted by Crippen LogP contribution is 2.31. The van der Waals surface area contributed by atoms with Gasteiger partial charge in [0.25, 0.3) is 5.91 Å². The van der Waals surface area contributed by atoms with Crippen molar-refractivity contribution in [3.63, 3.8) is 0 Å². The van der Waals surface area contributed by atoms with Gasteiger partial charge in [-0.3, -0.25) is 14.5 Å². The lowest BCUT2D eigenvalue weighted by Gasteiger charge is -2.23. The molecule has 1 saturated heterocycles. The molecular formula is C18H23N3O6. The summed E-state index contributed by atoms with van der Waals surface area (Å²) < 4.78 is 5.20. The molecule has 0 radical (unpaired) electrons. The maximum atomic E-state index is 12.8. The summed E-state index contributed by atoms with van der Waals surface area (Å²) in [6.07, 6.45) is 0.185. The third kappa shape index (κ3) is 3.86. The van der Waals surface area contributed by atoms with Gasteiger partial charge in [0.1, 0.15) is 23.9 Å². The van der Waals surface area contributed by atoms with Crippen LogP contribution in [-0.2, 0) is 19.9 Å². The number of carbonyl (C=O) groups excluding carboxylic acids is 3. The van der Waals surface area contributed by atoms with Crippen LogP contribution >= 0.6 is 0 Å². The van der Waals surface area contributed by atoms with Gasteiger partial charge >= 0.3 is 12.0 Å². The number of carboxylic acids is 1. The zero-order chi connectivity index (χ0) is 20.4. The lowest BCUT2D eigenvalue weighted by Crippen LogP contribution is -2.47. The Morgan fingerprint density at radius 3 is 2.56 bits per heavy atom. The second-order valence-electron chi connectivity index (χ2n) is 6.50. The van der Waals surface area contributed by atoms with E-state index in [2.05, 4.69) is 10.6 Å². The van der Waals surface area contributed by atoms with Crippen LogP contribution in [0.3, 0.4) is 0 Å². The Kier molecular flexibility index (Phi) is 5.72. The van der Waals surface area contributed by atoms with Gasteiger partial charge in [-0.05, 0) is 43.5 Å². The van der Waals surface area contributed by atoms with Crippen molar-refractivity contribution in [3.05, 3.63) is 29.3 Å². The average molecular weight is 377 g/mol. The van der Waals surface area contributed by atoms with E-state index in [9.17, 15) is 19.2 Å². The first kappa shape index (κ1) is 20.2. The summed E-state index contributed by atoms with van der Waals surface area (Å²) in [7, 11) is 1.53. The Balaban J connectivity index is 2.19. The zero-order valence-electron chi connectivity index (χ0n) is 15.7. The number of methoxy groups -OCH3 is 1. The number of aryl methyl sites for hydroxylation is 1. The van der Waals surface area contributed by atoms with E-state index in [-0.39, 0.29) is 6.42 Å². The van der Waals surface area contributed by atoms with Crippen molar-refractivity contribution in [1.29, 1.82) is 0 Å². The van der Waals surface area contributed by atoms with Crippen molar-refractivity contribution in [3.8, 4) is 5.75 Å². The number of urea groups is 1. The molecule has 1 fully saturated rings. The van der Waals surface area contributed by atoms with Crippen LogP contribution in [0.4, 0.5) is 4.79 Å². The lowest BCUT2D eigenvalue weighted by atomic mass is 9.90. The third-order valence-corrected chi connectivity index (χ3v) is 4.59. The third-order valence-electron chi connectivity index (χ3n) is 4.59. The number of hydrogen-bond acceptors (Lipinski definition) is 5. The Morgan fingerprint density at radius 2 is 2.04 bits per heavy atom. The number of amides is 4. The maximum absolute atomic E-state index is 12.8. The molecular weight excluding hydrogens is 354 g/mol. The monoisotopic (exact) mass is 377 g/mol. The Morgan fingerprint density at radius 1 is 1.37 bits per heavy atom. The fourth-order valence-electron chi connectivity index (χ4n) is 2.95. The molecule has 0 spiro atoms. The highest BCUT2D eigenvalue weighted by atomic mass is 16.5. The van der Waals surface area contributed by atoms with E-state index >= 15 is 0 Å². The van der Waals surface area contributed by atoms with Crippen LogP contribution in [0.15, 0.2) is 18.2 Å². The van der Waals surface area contributed by atoms with Gasteiger partial charge in [0.15, 0.2) is 0 Å². The molecule has 9 nitrogen and oxygen atoms in total. The van der Waals surface area contributed by atoms with Crippen LogP contribution in [0, 0.1) is 6.92 Å². The number of ether oxygens (including phenoxy) is 1. The van der Waals surface area contributed by atoms with E-state index in [1.165, 1.54) is 7.11 Å². The molecule has 146 valence electrons. The molecule has 3 N–H and O–H groups in total. The maximum Gasteiger partial charge on any atom is 0.326 e. The van der Waals surface area contributed by atoms with Gasteiger partial charge in [0, 0.05) is 0 Å². The average Bonchev–Trinajstić information content (AvgIpc) is 2.83. The molecule has 2 unspecified atom stereocenters. The Bertz CT molecular complexity index is 793. The number of carboxylic acid groups (broad SMARTS) is 1. The van der Waals surface area contributed by atoms with Crippen molar-refractivity contribution in [2.24, 2.45) is 0 Å². The minimum absolute atomic E-state index is 0.185. The topological polar surface area (TPSA) is 125 Å². The van der Waals surface area contributed by atoms with Crippen molar-refractivity contribution in [2.75, 3.05) is 13.7 Å². The molecule has 0 aliphatic carbocycles. The highest BCUT2D eigenvalue weighted by Gasteiger charge is 2.49. The molecule has 1 aliphatic heterocycles. The summed E-state index contributed by atoms with van der Waals surface area (Å²) in [5.74, 6) is -1.84. The van der Waals surface area contributed by atoms with E-state index in [0.29, 0.717) is 11.3 Å². The number of carbonyl (C=O) groups is 4. The van der Waals surface area contributed by atoms with Crippen molar-refractivity contribution in [1.82, 2.24) is 15.5 Å². The fourth-order valence-corrected chi connectivity index (χ4v) is 2.95.